The number of amides is 1. The van der Waals surface area contributed by atoms with Crippen molar-refractivity contribution in [1.82, 2.24) is 0 Å². The Kier molecular flexibility index (Phi) is 12.6. The molecule has 9 rings (SSSR count). The van der Waals surface area contributed by atoms with Crippen LogP contribution >= 0.6 is 0 Å². The second kappa shape index (κ2) is 17.4. The van der Waals surface area contributed by atoms with E-state index in [1.54, 1.807) is 0 Å². The van der Waals surface area contributed by atoms with E-state index >= 15 is 0 Å². The van der Waals surface area contributed by atoms with Crippen LogP contribution in [0.3, 0.4) is 0 Å². The van der Waals surface area contributed by atoms with Gasteiger partial charge in [-0.05, 0) is 97.5 Å². The maximum Gasteiger partial charge on any atom is 0.411 e. The fourth-order valence-electron chi connectivity index (χ4n) is 13.9. The summed E-state index contributed by atoms with van der Waals surface area (Å²) in [7, 11) is 0. The quantitative estimate of drug-likeness (QED) is 0.186. The summed E-state index contributed by atoms with van der Waals surface area (Å²) < 4.78 is 57.1. The number of para-hydroxylation sites is 1. The first kappa shape index (κ1) is 45.8. The van der Waals surface area contributed by atoms with Crippen LogP contribution in [-0.4, -0.2) is 142 Å². The van der Waals surface area contributed by atoms with E-state index in [2.05, 4.69) is 33.0 Å². The second-order valence-electron chi connectivity index (χ2n) is 20.7. The number of carbonyl (C=O) groups is 2. The number of ether oxygens (including phenoxy) is 7. The molecule has 4 saturated heterocycles. The smallest absolute Gasteiger partial charge is 0.411 e. The first-order chi connectivity index (χ1) is 30.0. The molecule has 4 saturated carbocycles. The zero-order valence-corrected chi connectivity index (χ0v) is 36.5. The molecule has 0 aromatic heterocycles. The predicted octanol–water partition coefficient (Wildman–Crippen LogP) is 3.02. The summed E-state index contributed by atoms with van der Waals surface area (Å²) in [4.78, 5) is 27.5. The molecule has 0 radical (unpaired) electrons. The van der Waals surface area contributed by atoms with Crippen molar-refractivity contribution in [3.05, 3.63) is 30.1 Å². The number of hydrogen-bond donors (Lipinski definition) is 7. The van der Waals surface area contributed by atoms with Gasteiger partial charge in [-0.25, -0.2) is 9.18 Å². The summed E-state index contributed by atoms with van der Waals surface area (Å²) in [6, 6.07) is 5.46. The highest BCUT2D eigenvalue weighted by Crippen LogP contribution is 2.70. The van der Waals surface area contributed by atoms with Crippen molar-refractivity contribution in [2.45, 2.75) is 165 Å². The summed E-state index contributed by atoms with van der Waals surface area (Å²) in [6.45, 7) is 8.47. The lowest BCUT2D eigenvalue weighted by molar-refractivity contribution is -0.364. The van der Waals surface area contributed by atoms with Crippen LogP contribution in [0.1, 0.15) is 85.5 Å². The molecule has 7 N–H and O–H groups in total. The van der Waals surface area contributed by atoms with E-state index in [9.17, 15) is 44.6 Å². The summed E-state index contributed by atoms with van der Waals surface area (Å²) in [5, 5.41) is 66.5. The summed E-state index contributed by atoms with van der Waals surface area (Å²) in [6.07, 6.45) is -10.5. The van der Waals surface area contributed by atoms with Gasteiger partial charge in [0.15, 0.2) is 18.4 Å². The molecule has 1 aromatic carbocycles. The van der Waals surface area contributed by atoms with Gasteiger partial charge in [-0.2, -0.15) is 0 Å². The standard InChI is InChI=1S/C46H66FNO15/c1-21-11-14-46(58-19-21)22(2)33-30(63-46)16-26-25-10-9-23-15-24(12-13-44(23,3)34(25)29(50)17-45(26,33)4)59-41-39(55)37(53)40(62-42-38(54)36(52)35(51)31(18-49)60-42)32(61-41)20-57-43(56)48-28-8-6-5-7-27(28)47/h5-8,21-26,30-42,49,51-55H,9-20H2,1-4H3,(H,48,56)/t21-,22+,23+,24+,25?,26?,30?,31+,32+,33?,34?,35-,36+,37-,38+,39+,40-,41-,42+,44+,45+,46-/m1/s1. The van der Waals surface area contributed by atoms with Gasteiger partial charge in [-0.15, -0.1) is 0 Å². The van der Waals surface area contributed by atoms with Gasteiger partial charge >= 0.3 is 6.09 Å². The number of benzene rings is 1. The number of rotatable bonds is 8. The van der Waals surface area contributed by atoms with E-state index in [4.69, 9.17) is 33.2 Å². The number of aliphatic hydroxyl groups is 6. The Hall–Kier alpha value is -2.39. The van der Waals surface area contributed by atoms with Gasteiger partial charge in [0.1, 0.15) is 67.0 Å². The Morgan fingerprint density at radius 2 is 1.60 bits per heavy atom. The van der Waals surface area contributed by atoms with Crippen molar-refractivity contribution in [3.8, 4) is 0 Å². The van der Waals surface area contributed by atoms with Gasteiger partial charge < -0.3 is 63.8 Å². The van der Waals surface area contributed by atoms with E-state index in [1.165, 1.54) is 18.2 Å². The Labute approximate surface area is 367 Å². The molecule has 17 heteroatoms. The number of anilines is 1. The normalized spacial score (nSPS) is 50.6. The summed E-state index contributed by atoms with van der Waals surface area (Å²) in [5.74, 6) is 0.791. The molecule has 4 aliphatic carbocycles. The van der Waals surface area contributed by atoms with Gasteiger partial charge in [0.2, 0.25) is 0 Å². The van der Waals surface area contributed by atoms with E-state index in [1.807, 2.05) is 0 Å². The van der Waals surface area contributed by atoms with Crippen molar-refractivity contribution in [3.63, 3.8) is 0 Å². The molecule has 1 amide bonds. The van der Waals surface area contributed by atoms with Crippen LogP contribution in [0.25, 0.3) is 0 Å². The highest BCUT2D eigenvalue weighted by atomic mass is 19.1. The lowest BCUT2D eigenvalue weighted by Crippen LogP contribution is -2.65. The molecular formula is C46H66FNO15. The number of hydrogen-bond acceptors (Lipinski definition) is 15. The van der Waals surface area contributed by atoms with Crippen molar-refractivity contribution < 1.29 is 77.8 Å². The van der Waals surface area contributed by atoms with Crippen LogP contribution in [0.5, 0.6) is 0 Å². The largest absolute Gasteiger partial charge is 0.446 e. The number of halogens is 1. The molecule has 22 atom stereocenters. The number of aliphatic hydroxyl groups excluding tert-OH is 6. The average molecular weight is 892 g/mol. The van der Waals surface area contributed by atoms with Crippen molar-refractivity contribution >= 4 is 17.6 Å². The van der Waals surface area contributed by atoms with Gasteiger partial charge in [0.25, 0.3) is 0 Å². The molecule has 5 unspecified atom stereocenters. The van der Waals surface area contributed by atoms with E-state index in [0.717, 1.165) is 38.2 Å². The first-order valence-corrected chi connectivity index (χ1v) is 23.1. The average Bonchev–Trinajstić information content (AvgIpc) is 3.70. The number of ketones is 1. The Balaban J connectivity index is 0.873. The highest BCUT2D eigenvalue weighted by Gasteiger charge is 2.71. The lowest BCUT2D eigenvalue weighted by Gasteiger charge is -2.60. The summed E-state index contributed by atoms with van der Waals surface area (Å²) in [5.41, 5.74) is -0.556. The van der Waals surface area contributed by atoms with Gasteiger partial charge in [0.05, 0.1) is 31.1 Å². The third-order valence-corrected chi connectivity index (χ3v) is 17.2. The fourth-order valence-corrected chi connectivity index (χ4v) is 13.9. The maximum atomic E-state index is 14.6. The van der Waals surface area contributed by atoms with Crippen molar-refractivity contribution in [2.75, 3.05) is 25.1 Å². The molecule has 1 spiro atoms. The third kappa shape index (κ3) is 7.86. The number of Topliss-reactive ketones (excluding diaryl/α,β-unsaturated/α-hetero) is 1. The minimum atomic E-state index is -1.85. The monoisotopic (exact) mass is 891 g/mol. The molecule has 63 heavy (non-hydrogen) atoms. The molecule has 4 aliphatic heterocycles. The molecule has 16 nitrogen and oxygen atoms in total. The maximum absolute atomic E-state index is 14.6. The van der Waals surface area contributed by atoms with Crippen molar-refractivity contribution in [2.24, 2.45) is 52.3 Å². The van der Waals surface area contributed by atoms with Crippen LogP contribution in [0, 0.1) is 58.1 Å². The van der Waals surface area contributed by atoms with Crippen molar-refractivity contribution in [1.29, 1.82) is 0 Å². The minimum Gasteiger partial charge on any atom is -0.446 e. The Bertz CT molecular complexity index is 1830. The van der Waals surface area contributed by atoms with E-state index < -0.39 is 98.4 Å². The molecule has 8 aliphatic rings. The lowest BCUT2D eigenvalue weighted by atomic mass is 9.44. The van der Waals surface area contributed by atoms with Crippen LogP contribution in [-0.2, 0) is 38.0 Å². The molecular weight excluding hydrogens is 825 g/mol. The Morgan fingerprint density at radius 3 is 2.33 bits per heavy atom. The van der Waals surface area contributed by atoms with Crippen LogP contribution in [0.4, 0.5) is 14.9 Å². The zero-order valence-electron chi connectivity index (χ0n) is 36.5. The van der Waals surface area contributed by atoms with Gasteiger partial charge in [-0.1, -0.05) is 39.8 Å². The summed E-state index contributed by atoms with van der Waals surface area (Å²) >= 11 is 0. The molecule has 4 heterocycles. The van der Waals surface area contributed by atoms with Crippen LogP contribution in [0.2, 0.25) is 0 Å². The molecule has 352 valence electrons. The minimum absolute atomic E-state index is 0.0825. The van der Waals surface area contributed by atoms with Crippen LogP contribution < -0.4 is 5.32 Å². The number of fused-ring (bicyclic) bond motifs is 7. The van der Waals surface area contributed by atoms with Gasteiger partial charge in [0, 0.05) is 24.7 Å². The SMILES string of the molecule is C[C@@H]1CC[C@@]2(OC1)OC1CC3C4CC[C@H]5C[C@@H](O[C@@H]6O[C@@H](COC(=O)Nc7ccccc7F)[C@@H](O[C@@H]7O[C@@H](CO)[C@@H](O)[C@H](O)[C@@H]7O)[C@H](O)[C@@H]6O)CC[C@]5(C)C4C(=O)C[C@]3(C)C1[C@@H]2C. The number of carbonyl (C=O) groups excluding carboxylic acids is 2. The fraction of sp³-hybridized carbons (Fsp3) is 0.826. The van der Waals surface area contributed by atoms with Gasteiger partial charge in [-0.3, -0.25) is 10.1 Å². The predicted molar refractivity (Wildman–Crippen MR) is 218 cm³/mol. The molecule has 0 bridgehead atoms. The van der Waals surface area contributed by atoms with E-state index in [-0.39, 0.29) is 52.2 Å². The Morgan fingerprint density at radius 1 is 0.873 bits per heavy atom. The van der Waals surface area contributed by atoms with Crippen LogP contribution in [0.15, 0.2) is 24.3 Å². The highest BCUT2D eigenvalue weighted by molar-refractivity contribution is 5.85. The second-order valence-corrected chi connectivity index (χ2v) is 20.7. The first-order valence-electron chi connectivity index (χ1n) is 23.1. The third-order valence-electron chi connectivity index (χ3n) is 17.2. The molecule has 1 aromatic rings. The zero-order chi connectivity index (χ0) is 44.7. The number of nitrogens with one attached hydrogen (secondary N) is 1. The van der Waals surface area contributed by atoms with E-state index in [0.29, 0.717) is 49.9 Å². The topological polar surface area (TPSA) is 232 Å². The molecule has 8 fully saturated rings.